The molecule has 1 heterocycles. The van der Waals surface area contributed by atoms with Crippen molar-refractivity contribution in [3.63, 3.8) is 0 Å². The van der Waals surface area contributed by atoms with E-state index in [2.05, 4.69) is 29.8 Å². The van der Waals surface area contributed by atoms with Gasteiger partial charge in [0.2, 0.25) is 0 Å². The summed E-state index contributed by atoms with van der Waals surface area (Å²) in [5.41, 5.74) is 0. The third-order valence-corrected chi connectivity index (χ3v) is 3.22. The van der Waals surface area contributed by atoms with Gasteiger partial charge in [0.05, 0.1) is 6.07 Å². The largest absolute Gasteiger partial charge is 0.295 e. The molecule has 0 atom stereocenters. The van der Waals surface area contributed by atoms with Crippen molar-refractivity contribution in [1.82, 2.24) is 9.88 Å². The highest BCUT2D eigenvalue weighted by atomic mass is 35.5. The van der Waals surface area contributed by atoms with Crippen molar-refractivity contribution in [2.24, 2.45) is 0 Å². The summed E-state index contributed by atoms with van der Waals surface area (Å²) in [5, 5.41) is 8.56. The lowest BCUT2D eigenvalue weighted by Gasteiger charge is -2.24. The van der Waals surface area contributed by atoms with E-state index >= 15 is 0 Å². The maximum atomic E-state index is 8.56. The Kier molecular flexibility index (Phi) is 5.03. The fourth-order valence-corrected chi connectivity index (χ4v) is 2.27. The second-order valence-electron chi connectivity index (χ2n) is 3.55. The molecule has 1 aromatic heterocycles. The van der Waals surface area contributed by atoms with Crippen molar-refractivity contribution in [3.05, 3.63) is 15.5 Å². The molecule has 0 aliphatic carbocycles. The number of halogens is 1. The van der Waals surface area contributed by atoms with Crippen LogP contribution >= 0.6 is 22.9 Å². The fraction of sp³-hybridized carbons (Fsp3) is 0.600. The molecule has 0 spiro atoms. The molecule has 0 aromatic carbocycles. The lowest BCUT2D eigenvalue weighted by Crippen LogP contribution is -2.30. The van der Waals surface area contributed by atoms with Crippen LogP contribution in [0.25, 0.3) is 0 Å². The van der Waals surface area contributed by atoms with Gasteiger partial charge in [-0.2, -0.15) is 5.26 Å². The van der Waals surface area contributed by atoms with E-state index in [1.165, 1.54) is 11.3 Å². The first-order chi connectivity index (χ1) is 7.13. The van der Waals surface area contributed by atoms with Gasteiger partial charge in [-0.3, -0.25) is 4.90 Å². The molecular weight excluding hydrogens is 230 g/mol. The zero-order chi connectivity index (χ0) is 11.3. The van der Waals surface area contributed by atoms with Crippen molar-refractivity contribution in [1.29, 1.82) is 5.26 Å². The Labute approximate surface area is 99.3 Å². The molecule has 3 nitrogen and oxygen atoms in total. The fourth-order valence-electron chi connectivity index (χ4n) is 1.27. The zero-order valence-electron chi connectivity index (χ0n) is 8.90. The van der Waals surface area contributed by atoms with Gasteiger partial charge in [0.1, 0.15) is 0 Å². The van der Waals surface area contributed by atoms with E-state index in [1.807, 2.05) is 0 Å². The van der Waals surface area contributed by atoms with E-state index in [9.17, 15) is 0 Å². The molecular formula is C10H14ClN3S. The lowest BCUT2D eigenvalue weighted by atomic mass is 10.3. The van der Waals surface area contributed by atoms with Crippen molar-refractivity contribution in [2.45, 2.75) is 32.9 Å². The Morgan fingerprint density at radius 1 is 1.67 bits per heavy atom. The number of hydrogen-bond acceptors (Lipinski definition) is 4. The second-order valence-corrected chi connectivity index (χ2v) is 5.25. The van der Waals surface area contributed by atoms with Crippen LogP contribution in [0.2, 0.25) is 4.47 Å². The zero-order valence-corrected chi connectivity index (χ0v) is 10.5. The van der Waals surface area contributed by atoms with E-state index in [0.29, 0.717) is 16.9 Å². The predicted molar refractivity (Wildman–Crippen MR) is 62.9 cm³/mol. The van der Waals surface area contributed by atoms with Crippen LogP contribution in [0.4, 0.5) is 0 Å². The molecule has 1 aromatic rings. The smallest absolute Gasteiger partial charge is 0.183 e. The molecule has 0 aliphatic rings. The summed E-state index contributed by atoms with van der Waals surface area (Å²) in [6, 6.07) is 2.59. The van der Waals surface area contributed by atoms with E-state index < -0.39 is 0 Å². The van der Waals surface area contributed by atoms with Crippen LogP contribution in [0.3, 0.4) is 0 Å². The topological polar surface area (TPSA) is 39.9 Å². The molecule has 5 heteroatoms. The van der Waals surface area contributed by atoms with Crippen LogP contribution in [0.15, 0.2) is 6.20 Å². The van der Waals surface area contributed by atoms with Gasteiger partial charge in [-0.15, -0.1) is 11.3 Å². The first kappa shape index (κ1) is 12.4. The molecule has 1 rings (SSSR count). The van der Waals surface area contributed by atoms with Crippen LogP contribution < -0.4 is 0 Å². The number of hydrogen-bond donors (Lipinski definition) is 0. The van der Waals surface area contributed by atoms with Gasteiger partial charge in [0, 0.05) is 36.6 Å². The van der Waals surface area contributed by atoms with Gasteiger partial charge in [0.15, 0.2) is 4.47 Å². The number of aromatic nitrogens is 1. The Hall–Kier alpha value is -0.630. The standard InChI is InChI=1S/C10H14ClN3S/c1-8(2)14(5-3-4-12)7-9-6-13-10(11)15-9/h6,8H,3,5,7H2,1-2H3. The van der Waals surface area contributed by atoms with E-state index in [0.717, 1.165) is 18.0 Å². The summed E-state index contributed by atoms with van der Waals surface area (Å²) in [5.74, 6) is 0. The average molecular weight is 244 g/mol. The first-order valence-electron chi connectivity index (χ1n) is 4.84. The highest BCUT2D eigenvalue weighted by molar-refractivity contribution is 7.15. The predicted octanol–water partition coefficient (Wildman–Crippen LogP) is 2.92. The molecule has 0 bridgehead atoms. The third kappa shape index (κ3) is 4.17. The summed E-state index contributed by atoms with van der Waals surface area (Å²) in [6.07, 6.45) is 2.36. The molecule has 0 saturated heterocycles. The second kappa shape index (κ2) is 6.06. The average Bonchev–Trinajstić information content (AvgIpc) is 2.58. The van der Waals surface area contributed by atoms with Crippen molar-refractivity contribution < 1.29 is 0 Å². The van der Waals surface area contributed by atoms with Crippen LogP contribution in [0, 0.1) is 11.3 Å². The highest BCUT2D eigenvalue weighted by Crippen LogP contribution is 2.20. The maximum Gasteiger partial charge on any atom is 0.183 e. The molecule has 15 heavy (non-hydrogen) atoms. The Morgan fingerprint density at radius 3 is 2.87 bits per heavy atom. The minimum atomic E-state index is 0.430. The Bertz CT molecular complexity index is 343. The number of nitrogens with zero attached hydrogens (tertiary/aromatic N) is 3. The molecule has 0 unspecified atom stereocenters. The van der Waals surface area contributed by atoms with Crippen LogP contribution in [0.5, 0.6) is 0 Å². The normalized spacial score (nSPS) is 10.9. The van der Waals surface area contributed by atoms with Crippen molar-refractivity contribution in [3.8, 4) is 6.07 Å². The third-order valence-electron chi connectivity index (χ3n) is 2.13. The molecule has 0 aliphatic heterocycles. The van der Waals surface area contributed by atoms with Gasteiger partial charge in [-0.25, -0.2) is 4.98 Å². The van der Waals surface area contributed by atoms with Gasteiger partial charge >= 0.3 is 0 Å². The van der Waals surface area contributed by atoms with Crippen molar-refractivity contribution in [2.75, 3.05) is 6.54 Å². The minimum Gasteiger partial charge on any atom is -0.295 e. The molecule has 82 valence electrons. The first-order valence-corrected chi connectivity index (χ1v) is 6.04. The number of rotatable bonds is 5. The van der Waals surface area contributed by atoms with Crippen LogP contribution in [-0.2, 0) is 6.54 Å². The quantitative estimate of drug-likeness (QED) is 0.798. The molecule has 0 saturated carbocycles. The Balaban J connectivity index is 2.55. The summed E-state index contributed by atoms with van der Waals surface area (Å²) in [7, 11) is 0. The number of nitriles is 1. The van der Waals surface area contributed by atoms with E-state index in [1.54, 1.807) is 6.20 Å². The lowest BCUT2D eigenvalue weighted by molar-refractivity contribution is 0.219. The summed E-state index contributed by atoms with van der Waals surface area (Å²) >= 11 is 7.26. The van der Waals surface area contributed by atoms with Crippen LogP contribution in [-0.4, -0.2) is 22.5 Å². The van der Waals surface area contributed by atoms with Crippen LogP contribution in [0.1, 0.15) is 25.1 Å². The van der Waals surface area contributed by atoms with Gasteiger partial charge < -0.3 is 0 Å². The Morgan fingerprint density at radius 2 is 2.40 bits per heavy atom. The molecule has 0 amide bonds. The molecule has 0 N–H and O–H groups in total. The maximum absolute atomic E-state index is 8.56. The molecule has 0 radical (unpaired) electrons. The number of thiazole rings is 1. The highest BCUT2D eigenvalue weighted by Gasteiger charge is 2.11. The minimum absolute atomic E-state index is 0.430. The summed E-state index contributed by atoms with van der Waals surface area (Å²) in [6.45, 7) is 5.87. The van der Waals surface area contributed by atoms with Crippen molar-refractivity contribution >= 4 is 22.9 Å². The summed E-state index contributed by atoms with van der Waals surface area (Å²) < 4.78 is 0.578. The van der Waals surface area contributed by atoms with Gasteiger partial charge in [-0.05, 0) is 13.8 Å². The monoisotopic (exact) mass is 243 g/mol. The van der Waals surface area contributed by atoms with E-state index in [4.69, 9.17) is 16.9 Å². The van der Waals surface area contributed by atoms with E-state index in [-0.39, 0.29) is 0 Å². The van der Waals surface area contributed by atoms with Gasteiger partial charge in [0.25, 0.3) is 0 Å². The summed E-state index contributed by atoms with van der Waals surface area (Å²) in [4.78, 5) is 7.39. The molecule has 0 fully saturated rings. The van der Waals surface area contributed by atoms with Gasteiger partial charge in [-0.1, -0.05) is 11.6 Å². The SMILES string of the molecule is CC(C)N(CCC#N)Cc1cnc(Cl)s1.